The van der Waals surface area contributed by atoms with Crippen LogP contribution in [0, 0.1) is 0 Å². The van der Waals surface area contributed by atoms with E-state index in [1.807, 2.05) is 0 Å². The van der Waals surface area contributed by atoms with Gasteiger partial charge in [0.15, 0.2) is 0 Å². The first-order valence-electron chi connectivity index (χ1n) is 7.19. The van der Waals surface area contributed by atoms with Crippen molar-refractivity contribution in [3.8, 4) is 0 Å². The lowest BCUT2D eigenvalue weighted by Crippen LogP contribution is -2.20. The Kier molecular flexibility index (Phi) is 4.32. The second kappa shape index (κ2) is 6.20. The minimum atomic E-state index is -0.0138. The summed E-state index contributed by atoms with van der Waals surface area (Å²) in [7, 11) is 0. The van der Waals surface area contributed by atoms with Crippen LogP contribution >= 0.6 is 23.2 Å². The van der Waals surface area contributed by atoms with Crippen LogP contribution in [0.3, 0.4) is 0 Å². The minimum absolute atomic E-state index is 0.0138. The topological polar surface area (TPSA) is 45.8 Å². The van der Waals surface area contributed by atoms with Gasteiger partial charge < -0.3 is 4.98 Å². The predicted octanol–water partition coefficient (Wildman–Crippen LogP) is 3.94. The van der Waals surface area contributed by atoms with Crippen LogP contribution < -0.4 is 5.56 Å². The summed E-state index contributed by atoms with van der Waals surface area (Å²) in [6.07, 6.45) is 5.46. The Balaban J connectivity index is 1.99. The Labute approximate surface area is 133 Å². The first-order valence-corrected chi connectivity index (χ1v) is 7.94. The Morgan fingerprint density at radius 1 is 1.10 bits per heavy atom. The molecule has 1 aliphatic carbocycles. The lowest BCUT2D eigenvalue weighted by Gasteiger charge is -2.09. The zero-order valence-electron chi connectivity index (χ0n) is 11.6. The molecule has 1 aromatic carbocycles. The van der Waals surface area contributed by atoms with Crippen molar-refractivity contribution in [1.29, 1.82) is 0 Å². The molecule has 0 atom stereocenters. The highest BCUT2D eigenvalue weighted by molar-refractivity contribution is 6.36. The van der Waals surface area contributed by atoms with Crippen LogP contribution in [0.1, 0.15) is 41.9 Å². The maximum atomic E-state index is 12.2. The molecule has 2 aromatic rings. The molecule has 1 N–H and O–H groups in total. The van der Waals surface area contributed by atoms with Gasteiger partial charge in [-0.3, -0.25) is 4.79 Å². The highest BCUT2D eigenvalue weighted by Crippen LogP contribution is 2.26. The van der Waals surface area contributed by atoms with Crippen molar-refractivity contribution in [2.24, 2.45) is 0 Å². The van der Waals surface area contributed by atoms with Gasteiger partial charge >= 0.3 is 0 Å². The summed E-state index contributed by atoms with van der Waals surface area (Å²) in [6.45, 7) is 0. The Morgan fingerprint density at radius 3 is 2.57 bits per heavy atom. The molecule has 5 heteroatoms. The molecule has 3 rings (SSSR count). The molecule has 0 spiro atoms. The van der Waals surface area contributed by atoms with Crippen LogP contribution in [0.15, 0.2) is 23.0 Å². The van der Waals surface area contributed by atoms with Crippen molar-refractivity contribution in [2.45, 2.75) is 38.5 Å². The molecule has 0 radical (unpaired) electrons. The molecule has 0 amide bonds. The number of halogens is 2. The third kappa shape index (κ3) is 3.14. The van der Waals surface area contributed by atoms with Crippen LogP contribution in [-0.4, -0.2) is 9.97 Å². The number of nitrogens with one attached hydrogen (secondary N) is 1. The number of fused-ring (bicyclic) bond motifs is 1. The fourth-order valence-electron chi connectivity index (χ4n) is 2.78. The molecule has 0 saturated carbocycles. The number of aromatic nitrogens is 2. The number of aromatic amines is 1. The number of benzene rings is 1. The fourth-order valence-corrected chi connectivity index (χ4v) is 3.31. The highest BCUT2D eigenvalue weighted by atomic mass is 35.5. The number of aryl methyl sites for hydroxylation is 1. The van der Waals surface area contributed by atoms with Gasteiger partial charge in [-0.2, -0.15) is 0 Å². The van der Waals surface area contributed by atoms with Crippen molar-refractivity contribution in [3.63, 3.8) is 0 Å². The van der Waals surface area contributed by atoms with Crippen LogP contribution in [0.5, 0.6) is 0 Å². The Bertz CT molecular complexity index is 704. The smallest absolute Gasteiger partial charge is 0.254 e. The van der Waals surface area contributed by atoms with E-state index in [2.05, 4.69) is 9.97 Å². The molecule has 0 aliphatic heterocycles. The minimum Gasteiger partial charge on any atom is -0.310 e. The third-order valence-electron chi connectivity index (χ3n) is 3.90. The maximum Gasteiger partial charge on any atom is 0.254 e. The number of H-pyrrole nitrogens is 1. The van der Waals surface area contributed by atoms with E-state index < -0.39 is 0 Å². The summed E-state index contributed by atoms with van der Waals surface area (Å²) >= 11 is 12.4. The number of nitrogens with zero attached hydrogens (tertiary/aromatic N) is 1. The molecule has 0 saturated heterocycles. The molecule has 1 aliphatic rings. The molecular formula is C16H16Cl2N2O. The van der Waals surface area contributed by atoms with Crippen molar-refractivity contribution >= 4 is 23.2 Å². The van der Waals surface area contributed by atoms with Gasteiger partial charge in [-0.15, -0.1) is 0 Å². The van der Waals surface area contributed by atoms with E-state index in [-0.39, 0.29) is 5.56 Å². The van der Waals surface area contributed by atoms with Crippen molar-refractivity contribution in [1.82, 2.24) is 9.97 Å². The summed E-state index contributed by atoms with van der Waals surface area (Å²) in [5.41, 5.74) is 2.58. The average molecular weight is 323 g/mol. The Morgan fingerprint density at radius 2 is 1.81 bits per heavy atom. The molecular weight excluding hydrogens is 307 g/mol. The number of hydrogen-bond acceptors (Lipinski definition) is 2. The summed E-state index contributed by atoms with van der Waals surface area (Å²) in [6, 6.07) is 5.40. The van der Waals surface area contributed by atoms with Gasteiger partial charge in [0.1, 0.15) is 5.82 Å². The molecule has 0 unspecified atom stereocenters. The summed E-state index contributed by atoms with van der Waals surface area (Å²) in [5.74, 6) is 0.635. The molecule has 110 valence electrons. The standard InChI is InChI=1S/C16H16Cl2N2O/c17-12-6-4-7-13(18)11(12)9-15-19-14-8-3-1-2-5-10(14)16(21)20-15/h4,6-7H,1-3,5,8-9H2,(H,19,20,21). The van der Waals surface area contributed by atoms with Crippen LogP contribution in [0.25, 0.3) is 0 Å². The van der Waals surface area contributed by atoms with Gasteiger partial charge in [0, 0.05) is 22.0 Å². The zero-order valence-corrected chi connectivity index (χ0v) is 13.1. The van der Waals surface area contributed by atoms with Gasteiger partial charge in [0.25, 0.3) is 5.56 Å². The van der Waals surface area contributed by atoms with Gasteiger partial charge in [0.2, 0.25) is 0 Å². The normalized spacial score (nSPS) is 14.6. The lowest BCUT2D eigenvalue weighted by atomic mass is 10.1. The van der Waals surface area contributed by atoms with Crippen LogP contribution in [0.4, 0.5) is 0 Å². The largest absolute Gasteiger partial charge is 0.310 e. The first-order chi connectivity index (χ1) is 10.1. The fraction of sp³-hybridized carbons (Fsp3) is 0.375. The molecule has 0 fully saturated rings. The quantitative estimate of drug-likeness (QED) is 0.851. The molecule has 1 aromatic heterocycles. The van der Waals surface area contributed by atoms with E-state index >= 15 is 0 Å². The molecule has 21 heavy (non-hydrogen) atoms. The van der Waals surface area contributed by atoms with Gasteiger partial charge in [-0.25, -0.2) is 4.98 Å². The number of hydrogen-bond donors (Lipinski definition) is 1. The lowest BCUT2D eigenvalue weighted by molar-refractivity contribution is 0.708. The summed E-state index contributed by atoms with van der Waals surface area (Å²) in [5, 5.41) is 1.19. The van der Waals surface area contributed by atoms with Crippen LogP contribution in [-0.2, 0) is 19.3 Å². The van der Waals surface area contributed by atoms with E-state index in [1.165, 1.54) is 0 Å². The monoisotopic (exact) mass is 322 g/mol. The Hall–Kier alpha value is -1.32. The second-order valence-electron chi connectivity index (χ2n) is 5.38. The van der Waals surface area contributed by atoms with Gasteiger partial charge in [0.05, 0.1) is 5.69 Å². The van der Waals surface area contributed by atoms with E-state index in [0.29, 0.717) is 22.3 Å². The average Bonchev–Trinajstić information content (AvgIpc) is 2.69. The first kappa shape index (κ1) is 14.6. The summed E-state index contributed by atoms with van der Waals surface area (Å²) in [4.78, 5) is 19.8. The maximum absolute atomic E-state index is 12.2. The molecule has 1 heterocycles. The van der Waals surface area contributed by atoms with Gasteiger partial charge in [-0.05, 0) is 43.4 Å². The number of rotatable bonds is 2. The zero-order chi connectivity index (χ0) is 14.8. The molecule has 3 nitrogen and oxygen atoms in total. The predicted molar refractivity (Wildman–Crippen MR) is 85.4 cm³/mol. The molecule has 0 bridgehead atoms. The van der Waals surface area contributed by atoms with E-state index in [0.717, 1.165) is 48.9 Å². The van der Waals surface area contributed by atoms with Crippen molar-refractivity contribution in [3.05, 3.63) is 61.2 Å². The highest BCUT2D eigenvalue weighted by Gasteiger charge is 2.15. The van der Waals surface area contributed by atoms with Crippen molar-refractivity contribution in [2.75, 3.05) is 0 Å². The second-order valence-corrected chi connectivity index (χ2v) is 6.19. The van der Waals surface area contributed by atoms with E-state index in [1.54, 1.807) is 18.2 Å². The SMILES string of the molecule is O=c1[nH]c(Cc2c(Cl)cccc2Cl)nc2c1CCCCC2. The van der Waals surface area contributed by atoms with E-state index in [9.17, 15) is 4.79 Å². The van der Waals surface area contributed by atoms with Crippen LogP contribution in [0.2, 0.25) is 10.0 Å². The van der Waals surface area contributed by atoms with E-state index in [4.69, 9.17) is 23.2 Å². The van der Waals surface area contributed by atoms with Crippen molar-refractivity contribution < 1.29 is 0 Å². The van der Waals surface area contributed by atoms with Gasteiger partial charge in [-0.1, -0.05) is 35.7 Å². The summed E-state index contributed by atoms with van der Waals surface area (Å²) < 4.78 is 0. The third-order valence-corrected chi connectivity index (χ3v) is 4.60.